The van der Waals surface area contributed by atoms with E-state index in [0.29, 0.717) is 24.0 Å². The lowest BCUT2D eigenvalue weighted by Crippen LogP contribution is -2.27. The quantitative estimate of drug-likeness (QED) is 0.781. The maximum Gasteiger partial charge on any atom is 0.140 e. The van der Waals surface area contributed by atoms with Gasteiger partial charge < -0.3 is 0 Å². The zero-order valence-electron chi connectivity index (χ0n) is 12.7. The topological polar surface area (TPSA) is 17.1 Å². The molecule has 1 aromatic rings. The second-order valence-electron chi connectivity index (χ2n) is 6.53. The molecule has 104 valence electrons. The fourth-order valence-corrected chi connectivity index (χ4v) is 3.10. The first-order valence-electron chi connectivity index (χ1n) is 7.56. The third-order valence-corrected chi connectivity index (χ3v) is 5.00. The lowest BCUT2D eigenvalue weighted by atomic mass is 9.73. The molecule has 0 spiro atoms. The average Bonchev–Trinajstić information content (AvgIpc) is 2.37. The summed E-state index contributed by atoms with van der Waals surface area (Å²) in [6.07, 6.45) is 4.01. The molecule has 0 radical (unpaired) electrons. The predicted octanol–water partition coefficient (Wildman–Crippen LogP) is 4.49. The van der Waals surface area contributed by atoms with Crippen LogP contribution in [-0.4, -0.2) is 5.78 Å². The molecule has 0 aromatic heterocycles. The molecule has 0 saturated heterocycles. The number of hydrogen-bond donors (Lipinski definition) is 0. The fraction of sp³-hybridized carbons (Fsp3) is 0.611. The predicted molar refractivity (Wildman–Crippen MR) is 80.3 cm³/mol. The van der Waals surface area contributed by atoms with Gasteiger partial charge in [0, 0.05) is 12.3 Å². The lowest BCUT2D eigenvalue weighted by molar-refractivity contribution is -0.123. The van der Waals surface area contributed by atoms with Gasteiger partial charge in [-0.05, 0) is 61.6 Å². The summed E-state index contributed by atoms with van der Waals surface area (Å²) in [5.74, 6) is 2.22. The minimum atomic E-state index is 0.299. The molecule has 1 aliphatic carbocycles. The number of rotatable bonds is 3. The second-order valence-corrected chi connectivity index (χ2v) is 6.53. The van der Waals surface area contributed by atoms with Crippen molar-refractivity contribution in [1.29, 1.82) is 0 Å². The Morgan fingerprint density at radius 3 is 2.47 bits per heavy atom. The minimum absolute atomic E-state index is 0.299. The van der Waals surface area contributed by atoms with Gasteiger partial charge >= 0.3 is 0 Å². The molecular formula is C18H26O. The molecule has 0 heterocycles. The molecule has 0 amide bonds. The number of hydrogen-bond acceptors (Lipinski definition) is 1. The molecule has 1 heteroatoms. The first-order valence-corrected chi connectivity index (χ1v) is 7.56. The molecule has 1 fully saturated rings. The zero-order valence-corrected chi connectivity index (χ0v) is 12.7. The first kappa shape index (κ1) is 14.3. The van der Waals surface area contributed by atoms with Gasteiger partial charge in [-0.25, -0.2) is 0 Å². The SMILES string of the molecule is Cc1ccc(CC(=O)C2CCC(C)C(C)C2)cc1C. The molecule has 19 heavy (non-hydrogen) atoms. The first-order chi connectivity index (χ1) is 8.97. The van der Waals surface area contributed by atoms with E-state index in [-0.39, 0.29) is 0 Å². The van der Waals surface area contributed by atoms with Crippen molar-refractivity contribution in [2.24, 2.45) is 17.8 Å². The number of Topliss-reactive ketones (excluding diaryl/α,β-unsaturated/α-hetero) is 1. The Hall–Kier alpha value is -1.11. The van der Waals surface area contributed by atoms with Gasteiger partial charge in [0.05, 0.1) is 0 Å². The number of ketones is 1. The van der Waals surface area contributed by atoms with Crippen LogP contribution in [0.1, 0.15) is 49.8 Å². The van der Waals surface area contributed by atoms with Crippen LogP contribution in [0, 0.1) is 31.6 Å². The molecule has 3 unspecified atom stereocenters. The van der Waals surface area contributed by atoms with E-state index >= 15 is 0 Å². The Bertz CT molecular complexity index is 461. The number of carbonyl (C=O) groups excluding carboxylic acids is 1. The van der Waals surface area contributed by atoms with Crippen molar-refractivity contribution in [2.45, 2.75) is 53.4 Å². The van der Waals surface area contributed by atoms with Gasteiger partial charge in [0.15, 0.2) is 0 Å². The van der Waals surface area contributed by atoms with Crippen molar-refractivity contribution in [2.75, 3.05) is 0 Å². The van der Waals surface area contributed by atoms with E-state index in [4.69, 9.17) is 0 Å². The van der Waals surface area contributed by atoms with Crippen molar-refractivity contribution in [1.82, 2.24) is 0 Å². The van der Waals surface area contributed by atoms with E-state index in [9.17, 15) is 4.79 Å². The standard InChI is InChI=1S/C18H26O/c1-12-5-7-16(9-14(12)3)11-18(19)17-8-6-13(2)15(4)10-17/h5,7,9,13,15,17H,6,8,10-11H2,1-4H3. The van der Waals surface area contributed by atoms with Gasteiger partial charge in [-0.3, -0.25) is 4.79 Å². The third-order valence-electron chi connectivity index (χ3n) is 5.00. The summed E-state index contributed by atoms with van der Waals surface area (Å²) in [4.78, 5) is 12.4. The molecule has 1 aliphatic rings. The smallest absolute Gasteiger partial charge is 0.140 e. The third kappa shape index (κ3) is 3.46. The molecule has 1 aromatic carbocycles. The highest BCUT2D eigenvalue weighted by molar-refractivity contribution is 5.83. The molecule has 1 saturated carbocycles. The fourth-order valence-electron chi connectivity index (χ4n) is 3.10. The van der Waals surface area contributed by atoms with Crippen molar-refractivity contribution in [3.05, 3.63) is 34.9 Å². The summed E-state index contributed by atoms with van der Waals surface area (Å²) >= 11 is 0. The Kier molecular flexibility index (Phi) is 4.44. The van der Waals surface area contributed by atoms with E-state index in [1.54, 1.807) is 0 Å². The number of carbonyl (C=O) groups is 1. The molecule has 0 N–H and O–H groups in total. The average molecular weight is 258 g/mol. The van der Waals surface area contributed by atoms with Crippen LogP contribution in [0.4, 0.5) is 0 Å². The van der Waals surface area contributed by atoms with Crippen molar-refractivity contribution in [3.8, 4) is 0 Å². The van der Waals surface area contributed by atoms with Crippen LogP contribution in [0.15, 0.2) is 18.2 Å². The van der Waals surface area contributed by atoms with Crippen LogP contribution in [-0.2, 0) is 11.2 Å². The summed E-state index contributed by atoms with van der Waals surface area (Å²) in [6.45, 7) is 8.84. The molecular weight excluding hydrogens is 232 g/mol. The van der Waals surface area contributed by atoms with Crippen LogP contribution >= 0.6 is 0 Å². The zero-order chi connectivity index (χ0) is 14.0. The Labute approximate surface area is 117 Å². The van der Waals surface area contributed by atoms with E-state index in [1.165, 1.54) is 23.1 Å². The normalized spacial score (nSPS) is 27.3. The Balaban J connectivity index is 1.99. The van der Waals surface area contributed by atoms with Crippen molar-refractivity contribution in [3.63, 3.8) is 0 Å². The number of aryl methyl sites for hydroxylation is 2. The van der Waals surface area contributed by atoms with E-state index in [1.807, 2.05) is 0 Å². The van der Waals surface area contributed by atoms with Gasteiger partial charge in [0.2, 0.25) is 0 Å². The number of benzene rings is 1. The van der Waals surface area contributed by atoms with Crippen LogP contribution in [0.25, 0.3) is 0 Å². The highest BCUT2D eigenvalue weighted by atomic mass is 16.1. The molecule has 0 bridgehead atoms. The minimum Gasteiger partial charge on any atom is -0.299 e. The van der Waals surface area contributed by atoms with Gasteiger partial charge in [-0.1, -0.05) is 32.0 Å². The molecule has 3 atom stereocenters. The van der Waals surface area contributed by atoms with Crippen LogP contribution in [0.2, 0.25) is 0 Å². The maximum absolute atomic E-state index is 12.4. The van der Waals surface area contributed by atoms with Gasteiger partial charge in [0.25, 0.3) is 0 Å². The van der Waals surface area contributed by atoms with Gasteiger partial charge in [-0.2, -0.15) is 0 Å². The van der Waals surface area contributed by atoms with Gasteiger partial charge in [0.1, 0.15) is 5.78 Å². The van der Waals surface area contributed by atoms with Crippen molar-refractivity contribution < 1.29 is 4.79 Å². The molecule has 2 rings (SSSR count). The Morgan fingerprint density at radius 2 is 1.84 bits per heavy atom. The van der Waals surface area contributed by atoms with Crippen LogP contribution < -0.4 is 0 Å². The highest BCUT2D eigenvalue weighted by Crippen LogP contribution is 2.34. The highest BCUT2D eigenvalue weighted by Gasteiger charge is 2.28. The Morgan fingerprint density at radius 1 is 1.11 bits per heavy atom. The monoisotopic (exact) mass is 258 g/mol. The molecule has 1 nitrogen and oxygen atoms in total. The van der Waals surface area contributed by atoms with E-state index in [2.05, 4.69) is 45.9 Å². The maximum atomic E-state index is 12.4. The largest absolute Gasteiger partial charge is 0.299 e. The van der Waals surface area contributed by atoms with Gasteiger partial charge in [-0.15, -0.1) is 0 Å². The summed E-state index contributed by atoms with van der Waals surface area (Å²) in [6, 6.07) is 6.40. The summed E-state index contributed by atoms with van der Waals surface area (Å²) in [5.41, 5.74) is 3.77. The van der Waals surface area contributed by atoms with Crippen LogP contribution in [0.3, 0.4) is 0 Å². The summed E-state index contributed by atoms with van der Waals surface area (Å²) < 4.78 is 0. The summed E-state index contributed by atoms with van der Waals surface area (Å²) in [5, 5.41) is 0. The van der Waals surface area contributed by atoms with Crippen molar-refractivity contribution >= 4 is 5.78 Å². The van der Waals surface area contributed by atoms with E-state index < -0.39 is 0 Å². The lowest BCUT2D eigenvalue weighted by Gasteiger charge is -2.31. The molecule has 0 aliphatic heterocycles. The van der Waals surface area contributed by atoms with E-state index in [0.717, 1.165) is 18.8 Å². The summed E-state index contributed by atoms with van der Waals surface area (Å²) in [7, 11) is 0. The van der Waals surface area contributed by atoms with Crippen LogP contribution in [0.5, 0.6) is 0 Å². The second kappa shape index (κ2) is 5.90.